The first-order valence-electron chi connectivity index (χ1n) is 4.65. The summed E-state index contributed by atoms with van der Waals surface area (Å²) in [5.74, 6) is 1.10. The van der Waals surface area contributed by atoms with Crippen molar-refractivity contribution in [3.05, 3.63) is 23.7 Å². The van der Waals surface area contributed by atoms with Gasteiger partial charge in [-0.1, -0.05) is 6.42 Å². The van der Waals surface area contributed by atoms with Crippen LogP contribution in [0.3, 0.4) is 0 Å². The molecule has 66 valence electrons. The molecule has 0 bridgehead atoms. The average Bonchev–Trinajstić information content (AvgIpc) is 2.54. The summed E-state index contributed by atoms with van der Waals surface area (Å²) in [5.41, 5.74) is 1.22. The summed E-state index contributed by atoms with van der Waals surface area (Å²) >= 11 is 0. The molecule has 1 aliphatic rings. The van der Waals surface area contributed by atoms with E-state index in [2.05, 4.69) is 18.3 Å². The van der Waals surface area contributed by atoms with Crippen molar-refractivity contribution in [3.8, 4) is 0 Å². The Kier molecular flexibility index (Phi) is 2.17. The van der Waals surface area contributed by atoms with Crippen LogP contribution in [-0.2, 0) is 0 Å². The predicted molar refractivity (Wildman–Crippen MR) is 48.0 cm³/mol. The van der Waals surface area contributed by atoms with Crippen LogP contribution >= 0.6 is 0 Å². The van der Waals surface area contributed by atoms with Gasteiger partial charge in [-0.3, -0.25) is 0 Å². The Morgan fingerprint density at radius 2 is 2.42 bits per heavy atom. The molecule has 0 radical (unpaired) electrons. The molecule has 1 N–H and O–H groups in total. The van der Waals surface area contributed by atoms with Crippen LogP contribution in [0.25, 0.3) is 0 Å². The molecule has 1 aliphatic heterocycles. The second kappa shape index (κ2) is 3.31. The van der Waals surface area contributed by atoms with Gasteiger partial charge in [0.05, 0.1) is 12.3 Å². The van der Waals surface area contributed by atoms with Gasteiger partial charge in [-0.15, -0.1) is 0 Å². The number of rotatable bonds is 1. The van der Waals surface area contributed by atoms with Crippen molar-refractivity contribution in [2.75, 3.05) is 6.54 Å². The van der Waals surface area contributed by atoms with Crippen molar-refractivity contribution in [3.63, 3.8) is 0 Å². The maximum absolute atomic E-state index is 5.44. The molecular weight excluding hydrogens is 150 g/mol. The highest BCUT2D eigenvalue weighted by Gasteiger charge is 2.16. The van der Waals surface area contributed by atoms with Gasteiger partial charge < -0.3 is 9.73 Å². The van der Waals surface area contributed by atoms with Crippen LogP contribution in [-0.4, -0.2) is 6.54 Å². The highest BCUT2D eigenvalue weighted by atomic mass is 16.3. The third-order valence-corrected chi connectivity index (χ3v) is 2.40. The van der Waals surface area contributed by atoms with Gasteiger partial charge in [0, 0.05) is 0 Å². The van der Waals surface area contributed by atoms with E-state index >= 15 is 0 Å². The molecule has 1 aromatic heterocycles. The van der Waals surface area contributed by atoms with Gasteiger partial charge in [-0.2, -0.15) is 0 Å². The van der Waals surface area contributed by atoms with Gasteiger partial charge in [0.15, 0.2) is 0 Å². The van der Waals surface area contributed by atoms with E-state index in [0.29, 0.717) is 6.04 Å². The zero-order valence-corrected chi connectivity index (χ0v) is 7.47. The summed E-state index contributed by atoms with van der Waals surface area (Å²) in [7, 11) is 0. The summed E-state index contributed by atoms with van der Waals surface area (Å²) in [4.78, 5) is 0. The molecular formula is C10H15NO. The Balaban J connectivity index is 2.08. The van der Waals surface area contributed by atoms with Gasteiger partial charge in [0.2, 0.25) is 0 Å². The van der Waals surface area contributed by atoms with Crippen molar-refractivity contribution >= 4 is 0 Å². The van der Waals surface area contributed by atoms with E-state index in [0.717, 1.165) is 12.3 Å². The molecule has 2 rings (SSSR count). The zero-order chi connectivity index (χ0) is 8.39. The first-order valence-corrected chi connectivity index (χ1v) is 4.65. The monoisotopic (exact) mass is 165 g/mol. The van der Waals surface area contributed by atoms with E-state index in [4.69, 9.17) is 4.42 Å². The Hall–Kier alpha value is -0.760. The number of furan rings is 1. The third kappa shape index (κ3) is 1.53. The summed E-state index contributed by atoms with van der Waals surface area (Å²) < 4.78 is 5.44. The largest absolute Gasteiger partial charge is 0.467 e. The van der Waals surface area contributed by atoms with Gasteiger partial charge in [0.25, 0.3) is 0 Å². The first-order chi connectivity index (χ1) is 5.86. The van der Waals surface area contributed by atoms with E-state index in [9.17, 15) is 0 Å². The van der Waals surface area contributed by atoms with Crippen molar-refractivity contribution < 1.29 is 4.42 Å². The first kappa shape index (κ1) is 7.87. The van der Waals surface area contributed by atoms with E-state index in [1.807, 2.05) is 6.26 Å². The van der Waals surface area contributed by atoms with Crippen LogP contribution in [0.15, 0.2) is 16.7 Å². The lowest BCUT2D eigenvalue weighted by Gasteiger charge is -2.21. The second-order valence-corrected chi connectivity index (χ2v) is 3.53. The van der Waals surface area contributed by atoms with Crippen molar-refractivity contribution in [1.82, 2.24) is 5.32 Å². The van der Waals surface area contributed by atoms with E-state index in [-0.39, 0.29) is 0 Å². The Morgan fingerprint density at radius 3 is 3.00 bits per heavy atom. The maximum Gasteiger partial charge on any atom is 0.120 e. The summed E-state index contributed by atoms with van der Waals surface area (Å²) in [6.07, 6.45) is 5.66. The highest BCUT2D eigenvalue weighted by molar-refractivity contribution is 5.14. The molecule has 2 heterocycles. The summed E-state index contributed by atoms with van der Waals surface area (Å²) in [6.45, 7) is 3.19. The number of hydrogen-bond acceptors (Lipinski definition) is 2. The zero-order valence-electron chi connectivity index (χ0n) is 7.47. The summed E-state index contributed by atoms with van der Waals surface area (Å²) in [5, 5.41) is 3.45. The Morgan fingerprint density at radius 1 is 1.50 bits per heavy atom. The SMILES string of the molecule is Cc1coc(C2CCCCN2)c1. The number of hydrogen-bond donors (Lipinski definition) is 1. The smallest absolute Gasteiger partial charge is 0.120 e. The van der Waals surface area contributed by atoms with Gasteiger partial charge >= 0.3 is 0 Å². The molecule has 1 aromatic rings. The normalized spacial score (nSPS) is 24.2. The van der Waals surface area contributed by atoms with Gasteiger partial charge in [-0.05, 0) is 37.9 Å². The maximum atomic E-state index is 5.44. The van der Waals surface area contributed by atoms with Crippen LogP contribution < -0.4 is 5.32 Å². The van der Waals surface area contributed by atoms with Gasteiger partial charge in [-0.25, -0.2) is 0 Å². The molecule has 1 unspecified atom stereocenters. The molecule has 1 saturated heterocycles. The lowest BCUT2D eigenvalue weighted by Crippen LogP contribution is -2.26. The Bertz CT molecular complexity index is 248. The number of aryl methyl sites for hydroxylation is 1. The fraction of sp³-hybridized carbons (Fsp3) is 0.600. The number of nitrogens with one attached hydrogen (secondary N) is 1. The predicted octanol–water partition coefficient (Wildman–Crippen LogP) is 2.40. The standard InChI is InChI=1S/C10H15NO/c1-8-6-10(12-7-8)9-4-2-3-5-11-9/h6-7,9,11H,2-5H2,1H3. The topological polar surface area (TPSA) is 25.2 Å². The second-order valence-electron chi connectivity index (χ2n) is 3.53. The molecule has 0 aromatic carbocycles. The molecule has 1 fully saturated rings. The van der Waals surface area contributed by atoms with Crippen LogP contribution in [0, 0.1) is 6.92 Å². The third-order valence-electron chi connectivity index (χ3n) is 2.40. The molecule has 0 amide bonds. The van der Waals surface area contributed by atoms with Crippen LogP contribution in [0.4, 0.5) is 0 Å². The van der Waals surface area contributed by atoms with Crippen molar-refractivity contribution in [1.29, 1.82) is 0 Å². The minimum absolute atomic E-state index is 0.465. The highest BCUT2D eigenvalue weighted by Crippen LogP contribution is 2.24. The number of piperidine rings is 1. The molecule has 0 saturated carbocycles. The van der Waals surface area contributed by atoms with Crippen LogP contribution in [0.2, 0.25) is 0 Å². The molecule has 2 nitrogen and oxygen atoms in total. The average molecular weight is 165 g/mol. The van der Waals surface area contributed by atoms with Crippen LogP contribution in [0.5, 0.6) is 0 Å². The lowest BCUT2D eigenvalue weighted by atomic mass is 10.0. The van der Waals surface area contributed by atoms with Crippen LogP contribution in [0.1, 0.15) is 36.6 Å². The summed E-state index contributed by atoms with van der Waals surface area (Å²) in [6, 6.07) is 2.59. The fourth-order valence-corrected chi connectivity index (χ4v) is 1.73. The van der Waals surface area contributed by atoms with Crippen molar-refractivity contribution in [2.45, 2.75) is 32.2 Å². The van der Waals surface area contributed by atoms with E-state index in [1.165, 1.54) is 24.8 Å². The molecule has 1 atom stereocenters. The lowest BCUT2D eigenvalue weighted by molar-refractivity contribution is 0.349. The fourth-order valence-electron chi connectivity index (χ4n) is 1.73. The quantitative estimate of drug-likeness (QED) is 0.691. The Labute approximate surface area is 73.0 Å². The molecule has 0 spiro atoms. The molecule has 2 heteroatoms. The van der Waals surface area contributed by atoms with Gasteiger partial charge in [0.1, 0.15) is 5.76 Å². The molecule has 0 aliphatic carbocycles. The minimum Gasteiger partial charge on any atom is -0.467 e. The van der Waals surface area contributed by atoms with E-state index < -0.39 is 0 Å². The van der Waals surface area contributed by atoms with E-state index in [1.54, 1.807) is 0 Å². The minimum atomic E-state index is 0.465. The van der Waals surface area contributed by atoms with Crippen molar-refractivity contribution in [2.24, 2.45) is 0 Å². The molecule has 12 heavy (non-hydrogen) atoms.